The Morgan fingerprint density at radius 1 is 0.733 bits per heavy atom. The van der Waals surface area contributed by atoms with Gasteiger partial charge in [-0.2, -0.15) is 0 Å². The SMILES string of the molecule is C=C/C=C(\C=C/C)n1c(C=C)c(C=C)c2cc(-c3ccc4oc5c(-c6ccccc6)nc(-c6ccccc6)nc5c4c3)ccc21. The molecule has 0 aliphatic carbocycles. The summed E-state index contributed by atoms with van der Waals surface area (Å²) in [5, 5.41) is 2.03. The molecule has 216 valence electrons. The Morgan fingerprint density at radius 3 is 2.09 bits per heavy atom. The van der Waals surface area contributed by atoms with Gasteiger partial charge in [-0.1, -0.05) is 111 Å². The molecule has 0 aliphatic rings. The Labute approximate surface area is 262 Å². The van der Waals surface area contributed by atoms with Crippen molar-refractivity contribution in [2.24, 2.45) is 0 Å². The zero-order valence-corrected chi connectivity index (χ0v) is 25.1. The normalized spacial score (nSPS) is 12.0. The fourth-order valence-electron chi connectivity index (χ4n) is 6.04. The summed E-state index contributed by atoms with van der Waals surface area (Å²) in [6.45, 7) is 14.2. The first-order valence-corrected chi connectivity index (χ1v) is 14.9. The van der Waals surface area contributed by atoms with Crippen molar-refractivity contribution in [1.29, 1.82) is 0 Å². The second-order valence-corrected chi connectivity index (χ2v) is 10.7. The van der Waals surface area contributed by atoms with Gasteiger partial charge in [0.05, 0.1) is 11.2 Å². The molecule has 0 atom stereocenters. The molecule has 0 fully saturated rings. The van der Waals surface area contributed by atoms with E-state index >= 15 is 0 Å². The maximum Gasteiger partial charge on any atom is 0.180 e. The topological polar surface area (TPSA) is 43.9 Å². The molecule has 7 aromatic rings. The molecule has 4 heteroatoms. The van der Waals surface area contributed by atoms with E-state index in [0.29, 0.717) is 11.4 Å². The van der Waals surface area contributed by atoms with Gasteiger partial charge in [-0.3, -0.25) is 0 Å². The van der Waals surface area contributed by atoms with E-state index in [-0.39, 0.29) is 0 Å². The molecule has 0 saturated carbocycles. The molecule has 7 rings (SSSR count). The molecule has 3 aromatic heterocycles. The van der Waals surface area contributed by atoms with Crippen molar-refractivity contribution in [2.75, 3.05) is 0 Å². The third kappa shape index (κ3) is 4.73. The number of rotatable bonds is 8. The lowest BCUT2D eigenvalue weighted by atomic mass is 10.0. The van der Waals surface area contributed by atoms with Crippen LogP contribution in [0.1, 0.15) is 18.2 Å². The van der Waals surface area contributed by atoms with Crippen LogP contribution in [-0.4, -0.2) is 14.5 Å². The summed E-state index contributed by atoms with van der Waals surface area (Å²) >= 11 is 0. The van der Waals surface area contributed by atoms with Gasteiger partial charge in [0, 0.05) is 33.2 Å². The molecule has 0 N–H and O–H groups in total. The fourth-order valence-corrected chi connectivity index (χ4v) is 6.04. The Balaban J connectivity index is 1.45. The smallest absolute Gasteiger partial charge is 0.180 e. The van der Waals surface area contributed by atoms with Crippen LogP contribution in [0.15, 0.2) is 146 Å². The van der Waals surface area contributed by atoms with Crippen LogP contribution >= 0.6 is 0 Å². The van der Waals surface area contributed by atoms with Gasteiger partial charge in [-0.15, -0.1) is 0 Å². The largest absolute Gasteiger partial charge is 0.452 e. The van der Waals surface area contributed by atoms with Crippen LogP contribution in [-0.2, 0) is 0 Å². The van der Waals surface area contributed by atoms with Crippen molar-refractivity contribution in [3.05, 3.63) is 152 Å². The van der Waals surface area contributed by atoms with E-state index in [1.54, 1.807) is 6.08 Å². The van der Waals surface area contributed by atoms with E-state index in [1.807, 2.05) is 85.8 Å². The highest BCUT2D eigenvalue weighted by atomic mass is 16.3. The summed E-state index contributed by atoms with van der Waals surface area (Å²) in [4.78, 5) is 10.0. The summed E-state index contributed by atoms with van der Waals surface area (Å²) in [6, 6.07) is 33.0. The van der Waals surface area contributed by atoms with E-state index < -0.39 is 0 Å². The van der Waals surface area contributed by atoms with Crippen LogP contribution in [0.2, 0.25) is 0 Å². The predicted octanol–water partition coefficient (Wildman–Crippen LogP) is 11.2. The predicted molar refractivity (Wildman–Crippen MR) is 191 cm³/mol. The van der Waals surface area contributed by atoms with E-state index in [0.717, 1.165) is 72.3 Å². The van der Waals surface area contributed by atoms with Crippen LogP contribution in [0.3, 0.4) is 0 Å². The highest BCUT2D eigenvalue weighted by molar-refractivity contribution is 6.08. The van der Waals surface area contributed by atoms with Gasteiger partial charge < -0.3 is 8.98 Å². The maximum atomic E-state index is 6.46. The molecule has 0 amide bonds. The molecule has 0 unspecified atom stereocenters. The van der Waals surface area contributed by atoms with E-state index in [2.05, 4.69) is 72.8 Å². The lowest BCUT2D eigenvalue weighted by molar-refractivity contribution is 0.667. The minimum absolute atomic E-state index is 0.662. The van der Waals surface area contributed by atoms with Crippen molar-refractivity contribution in [3.8, 4) is 33.8 Å². The van der Waals surface area contributed by atoms with Crippen LogP contribution in [0, 0.1) is 0 Å². The number of allylic oxidation sites excluding steroid dienone is 5. The molecule has 0 radical (unpaired) electrons. The molecule has 0 saturated heterocycles. The van der Waals surface area contributed by atoms with Gasteiger partial charge >= 0.3 is 0 Å². The van der Waals surface area contributed by atoms with Gasteiger partial charge in [-0.25, -0.2) is 9.97 Å². The highest BCUT2D eigenvalue weighted by Crippen LogP contribution is 2.39. The maximum absolute atomic E-state index is 6.46. The molecular formula is C41H31N3O. The van der Waals surface area contributed by atoms with Crippen molar-refractivity contribution >= 4 is 50.8 Å². The number of fused-ring (bicyclic) bond motifs is 4. The van der Waals surface area contributed by atoms with Crippen LogP contribution in [0.4, 0.5) is 0 Å². The molecular weight excluding hydrogens is 550 g/mol. The molecule has 0 bridgehead atoms. The zero-order valence-electron chi connectivity index (χ0n) is 25.1. The minimum atomic E-state index is 0.662. The Morgan fingerprint density at radius 2 is 1.42 bits per heavy atom. The van der Waals surface area contributed by atoms with Gasteiger partial charge in [0.25, 0.3) is 0 Å². The minimum Gasteiger partial charge on any atom is -0.452 e. The zero-order chi connectivity index (χ0) is 30.9. The number of nitrogens with zero attached hydrogens (tertiary/aromatic N) is 3. The molecule has 4 aromatic carbocycles. The van der Waals surface area contributed by atoms with Crippen LogP contribution in [0.25, 0.3) is 84.6 Å². The first-order chi connectivity index (χ1) is 22.1. The van der Waals surface area contributed by atoms with Crippen molar-refractivity contribution in [3.63, 3.8) is 0 Å². The first-order valence-electron chi connectivity index (χ1n) is 14.9. The second-order valence-electron chi connectivity index (χ2n) is 10.7. The number of benzene rings is 4. The molecule has 3 heterocycles. The molecule has 45 heavy (non-hydrogen) atoms. The third-order valence-electron chi connectivity index (χ3n) is 8.05. The summed E-state index contributed by atoms with van der Waals surface area (Å²) in [7, 11) is 0. The van der Waals surface area contributed by atoms with Crippen molar-refractivity contribution < 1.29 is 4.42 Å². The molecule has 4 nitrogen and oxygen atoms in total. The van der Waals surface area contributed by atoms with E-state index in [9.17, 15) is 0 Å². The summed E-state index contributed by atoms with van der Waals surface area (Å²) in [5.41, 5.74) is 11.2. The van der Waals surface area contributed by atoms with Gasteiger partial charge in [0.2, 0.25) is 0 Å². The molecule has 0 aliphatic heterocycles. The molecule has 0 spiro atoms. The van der Waals surface area contributed by atoms with Gasteiger partial charge in [-0.05, 0) is 60.5 Å². The first kappa shape index (κ1) is 27.8. The van der Waals surface area contributed by atoms with Gasteiger partial charge in [0.1, 0.15) is 16.8 Å². The quantitative estimate of drug-likeness (QED) is 0.168. The second kappa shape index (κ2) is 11.6. The summed E-state index contributed by atoms with van der Waals surface area (Å²) in [5.74, 6) is 0.662. The third-order valence-corrected chi connectivity index (χ3v) is 8.05. The lowest BCUT2D eigenvalue weighted by Crippen LogP contribution is -1.97. The Hall–Kier alpha value is -6.00. The van der Waals surface area contributed by atoms with Crippen molar-refractivity contribution in [1.82, 2.24) is 14.5 Å². The number of furan rings is 1. The monoisotopic (exact) mass is 581 g/mol. The van der Waals surface area contributed by atoms with Crippen molar-refractivity contribution in [2.45, 2.75) is 6.92 Å². The fraction of sp³-hybridized carbons (Fsp3) is 0.0244. The Bertz CT molecular complexity index is 2320. The van der Waals surface area contributed by atoms with E-state index in [1.165, 1.54) is 0 Å². The number of hydrogen-bond acceptors (Lipinski definition) is 3. The Kier molecular flexibility index (Phi) is 7.16. The average molecular weight is 582 g/mol. The van der Waals surface area contributed by atoms with Crippen LogP contribution < -0.4 is 0 Å². The average Bonchev–Trinajstić information content (AvgIpc) is 3.62. The summed E-state index contributed by atoms with van der Waals surface area (Å²) < 4.78 is 8.66. The van der Waals surface area contributed by atoms with Gasteiger partial charge in [0.15, 0.2) is 11.4 Å². The lowest BCUT2D eigenvalue weighted by Gasteiger charge is -2.10. The van der Waals surface area contributed by atoms with E-state index in [4.69, 9.17) is 14.4 Å². The highest BCUT2D eigenvalue weighted by Gasteiger charge is 2.20. The summed E-state index contributed by atoms with van der Waals surface area (Å²) in [6.07, 6.45) is 11.7. The van der Waals surface area contributed by atoms with Crippen LogP contribution in [0.5, 0.6) is 0 Å². The standard InChI is InChI=1S/C41H31N3O/c1-5-15-31(16-6-2)44-35(8-4)32(7-3)33-25-29(21-23-36(33)44)30-22-24-37-34(26-30)39-40(45-37)38(27-17-11-9-12-18-27)42-41(43-39)28-19-13-10-14-20-28/h5-26H,1,3-4H2,2H3/b16-6-,31-15+. The number of aromatic nitrogens is 3. The number of hydrogen-bond donors (Lipinski definition) is 0.